The van der Waals surface area contributed by atoms with Gasteiger partial charge < -0.3 is 10.5 Å². The van der Waals surface area contributed by atoms with Gasteiger partial charge in [-0.3, -0.25) is 4.57 Å². The van der Waals surface area contributed by atoms with Crippen LogP contribution in [0.2, 0.25) is 0 Å². The Morgan fingerprint density at radius 3 is 2.62 bits per heavy atom. The molecule has 3 aromatic rings. The van der Waals surface area contributed by atoms with Crippen molar-refractivity contribution >= 4 is 16.9 Å². The summed E-state index contributed by atoms with van der Waals surface area (Å²) >= 11 is 0. The molecular formula is C16H18N4O. The monoisotopic (exact) mass is 282 g/mol. The molecule has 0 aliphatic heterocycles. The molecule has 5 nitrogen and oxygen atoms in total. The predicted octanol–water partition coefficient (Wildman–Crippen LogP) is 2.94. The van der Waals surface area contributed by atoms with Gasteiger partial charge in [0.25, 0.3) is 0 Å². The van der Waals surface area contributed by atoms with E-state index in [9.17, 15) is 0 Å². The SMILES string of the molecule is COc1cccc(-n2c(C)c(C)c3c(N)nc(C)nc32)c1. The van der Waals surface area contributed by atoms with E-state index in [4.69, 9.17) is 10.5 Å². The Kier molecular flexibility index (Phi) is 3.05. The summed E-state index contributed by atoms with van der Waals surface area (Å²) in [6.45, 7) is 5.96. The maximum atomic E-state index is 6.09. The third-order valence-electron chi connectivity index (χ3n) is 3.81. The van der Waals surface area contributed by atoms with Gasteiger partial charge in [0.2, 0.25) is 0 Å². The molecule has 2 heterocycles. The molecule has 0 saturated heterocycles. The normalized spacial score (nSPS) is 11.0. The molecule has 3 rings (SSSR count). The van der Waals surface area contributed by atoms with Crippen molar-refractivity contribution in [3.8, 4) is 11.4 Å². The van der Waals surface area contributed by atoms with Crippen LogP contribution in [-0.4, -0.2) is 21.6 Å². The van der Waals surface area contributed by atoms with Gasteiger partial charge in [-0.25, -0.2) is 9.97 Å². The van der Waals surface area contributed by atoms with E-state index in [1.807, 2.05) is 38.1 Å². The molecule has 0 aliphatic rings. The molecule has 2 N–H and O–H groups in total. The maximum Gasteiger partial charge on any atom is 0.150 e. The first kappa shape index (κ1) is 13.4. The molecule has 1 aromatic carbocycles. The van der Waals surface area contributed by atoms with Crippen LogP contribution in [0.5, 0.6) is 5.75 Å². The Morgan fingerprint density at radius 2 is 1.90 bits per heavy atom. The van der Waals surface area contributed by atoms with Crippen LogP contribution in [0.4, 0.5) is 5.82 Å². The van der Waals surface area contributed by atoms with Crippen molar-refractivity contribution in [2.75, 3.05) is 12.8 Å². The number of fused-ring (bicyclic) bond motifs is 1. The summed E-state index contributed by atoms with van der Waals surface area (Å²) in [5, 5.41) is 0.918. The molecule has 0 aliphatic carbocycles. The van der Waals surface area contributed by atoms with E-state index >= 15 is 0 Å². The van der Waals surface area contributed by atoms with Crippen molar-refractivity contribution in [2.24, 2.45) is 0 Å². The summed E-state index contributed by atoms with van der Waals surface area (Å²) in [6, 6.07) is 7.90. The molecule has 2 aromatic heterocycles. The number of hydrogen-bond acceptors (Lipinski definition) is 4. The lowest BCUT2D eigenvalue weighted by molar-refractivity contribution is 0.414. The van der Waals surface area contributed by atoms with E-state index in [-0.39, 0.29) is 0 Å². The van der Waals surface area contributed by atoms with E-state index in [2.05, 4.69) is 21.5 Å². The number of benzene rings is 1. The zero-order valence-corrected chi connectivity index (χ0v) is 12.6. The van der Waals surface area contributed by atoms with Crippen LogP contribution >= 0.6 is 0 Å². The number of nitrogen functional groups attached to an aromatic ring is 1. The van der Waals surface area contributed by atoms with Crippen molar-refractivity contribution in [1.29, 1.82) is 0 Å². The molecule has 0 bridgehead atoms. The van der Waals surface area contributed by atoms with Crippen molar-refractivity contribution in [3.63, 3.8) is 0 Å². The minimum atomic E-state index is 0.528. The Balaban J connectivity index is 2.39. The first-order valence-electron chi connectivity index (χ1n) is 6.79. The zero-order chi connectivity index (χ0) is 15.1. The van der Waals surface area contributed by atoms with Gasteiger partial charge in [-0.15, -0.1) is 0 Å². The fourth-order valence-corrected chi connectivity index (χ4v) is 2.67. The second-order valence-corrected chi connectivity index (χ2v) is 5.10. The fraction of sp³-hybridized carbons (Fsp3) is 0.250. The van der Waals surface area contributed by atoms with Gasteiger partial charge in [-0.05, 0) is 38.5 Å². The molecule has 0 unspecified atom stereocenters. The second-order valence-electron chi connectivity index (χ2n) is 5.10. The summed E-state index contributed by atoms with van der Waals surface area (Å²) in [4.78, 5) is 8.85. The Morgan fingerprint density at radius 1 is 1.14 bits per heavy atom. The summed E-state index contributed by atoms with van der Waals surface area (Å²) in [7, 11) is 1.66. The van der Waals surface area contributed by atoms with Crippen molar-refractivity contribution in [2.45, 2.75) is 20.8 Å². The molecular weight excluding hydrogens is 264 g/mol. The second kappa shape index (κ2) is 4.77. The Hall–Kier alpha value is -2.56. The van der Waals surface area contributed by atoms with Crippen LogP contribution in [0.3, 0.4) is 0 Å². The molecule has 0 fully saturated rings. The van der Waals surface area contributed by atoms with Crippen LogP contribution in [0, 0.1) is 20.8 Å². The summed E-state index contributed by atoms with van der Waals surface area (Å²) in [6.07, 6.45) is 0. The number of hydrogen-bond donors (Lipinski definition) is 1. The number of nitrogens with two attached hydrogens (primary N) is 1. The number of aromatic nitrogens is 3. The molecule has 108 valence electrons. The minimum absolute atomic E-state index is 0.528. The van der Waals surface area contributed by atoms with Crippen molar-refractivity contribution < 1.29 is 4.74 Å². The lowest BCUT2D eigenvalue weighted by Crippen LogP contribution is -2.01. The van der Waals surface area contributed by atoms with Gasteiger partial charge in [0.15, 0.2) is 5.65 Å². The van der Waals surface area contributed by atoms with E-state index in [1.165, 1.54) is 0 Å². The minimum Gasteiger partial charge on any atom is -0.497 e. The Bertz CT molecular complexity index is 836. The van der Waals surface area contributed by atoms with Crippen LogP contribution < -0.4 is 10.5 Å². The third-order valence-corrected chi connectivity index (χ3v) is 3.81. The molecule has 0 saturated carbocycles. The third kappa shape index (κ3) is 2.01. The highest BCUT2D eigenvalue weighted by Crippen LogP contribution is 2.31. The summed E-state index contributed by atoms with van der Waals surface area (Å²) in [5.74, 6) is 2.01. The van der Waals surface area contributed by atoms with Crippen LogP contribution in [0.1, 0.15) is 17.1 Å². The topological polar surface area (TPSA) is 66.0 Å². The number of methoxy groups -OCH3 is 1. The quantitative estimate of drug-likeness (QED) is 0.784. The first-order valence-corrected chi connectivity index (χ1v) is 6.79. The van der Waals surface area contributed by atoms with Crippen molar-refractivity contribution in [3.05, 3.63) is 41.3 Å². The van der Waals surface area contributed by atoms with Crippen LogP contribution in [-0.2, 0) is 0 Å². The highest BCUT2D eigenvalue weighted by atomic mass is 16.5. The lowest BCUT2D eigenvalue weighted by Gasteiger charge is -2.10. The number of anilines is 1. The summed E-state index contributed by atoms with van der Waals surface area (Å²) < 4.78 is 7.41. The number of ether oxygens (including phenoxy) is 1. The number of nitrogens with zero attached hydrogens (tertiary/aromatic N) is 3. The van der Waals surface area contributed by atoms with Gasteiger partial charge in [-0.1, -0.05) is 6.07 Å². The molecule has 0 radical (unpaired) electrons. The lowest BCUT2D eigenvalue weighted by atomic mass is 10.2. The van der Waals surface area contributed by atoms with E-state index in [0.29, 0.717) is 11.6 Å². The van der Waals surface area contributed by atoms with Gasteiger partial charge in [0, 0.05) is 11.8 Å². The zero-order valence-electron chi connectivity index (χ0n) is 12.6. The molecule has 0 atom stereocenters. The average molecular weight is 282 g/mol. The smallest absolute Gasteiger partial charge is 0.150 e. The summed E-state index contributed by atoms with van der Waals surface area (Å²) in [5.41, 5.74) is 10.1. The molecule has 0 spiro atoms. The van der Waals surface area contributed by atoms with E-state index < -0.39 is 0 Å². The van der Waals surface area contributed by atoms with Crippen LogP contribution in [0.25, 0.3) is 16.7 Å². The van der Waals surface area contributed by atoms with Gasteiger partial charge >= 0.3 is 0 Å². The molecule has 0 amide bonds. The van der Waals surface area contributed by atoms with Gasteiger partial charge in [0.1, 0.15) is 17.4 Å². The number of aryl methyl sites for hydroxylation is 2. The van der Waals surface area contributed by atoms with Gasteiger partial charge in [0.05, 0.1) is 18.2 Å². The maximum absolute atomic E-state index is 6.09. The van der Waals surface area contributed by atoms with Crippen LogP contribution in [0.15, 0.2) is 24.3 Å². The molecule has 21 heavy (non-hydrogen) atoms. The standard InChI is InChI=1S/C16H18N4O/c1-9-10(2)20(12-6-5-7-13(8-12)21-4)16-14(9)15(17)18-11(3)19-16/h5-8H,1-4H3,(H2,17,18,19). The Labute approximate surface area is 123 Å². The first-order chi connectivity index (χ1) is 10.0. The molecule has 5 heteroatoms. The number of rotatable bonds is 2. The van der Waals surface area contributed by atoms with Crippen molar-refractivity contribution in [1.82, 2.24) is 14.5 Å². The fourth-order valence-electron chi connectivity index (χ4n) is 2.67. The largest absolute Gasteiger partial charge is 0.497 e. The van der Waals surface area contributed by atoms with E-state index in [0.717, 1.165) is 33.7 Å². The predicted molar refractivity (Wildman–Crippen MR) is 84.0 cm³/mol. The average Bonchev–Trinajstić information content (AvgIpc) is 2.70. The highest BCUT2D eigenvalue weighted by Gasteiger charge is 2.17. The van der Waals surface area contributed by atoms with Gasteiger partial charge in [-0.2, -0.15) is 0 Å². The van der Waals surface area contributed by atoms with E-state index in [1.54, 1.807) is 7.11 Å². The highest BCUT2D eigenvalue weighted by molar-refractivity contribution is 5.92.